The molecule has 0 aromatic rings. The molecule has 3 heteroatoms. The molecule has 1 rings (SSSR count). The number of nitrogens with zero attached hydrogens (tertiary/aromatic N) is 1. The van der Waals surface area contributed by atoms with Gasteiger partial charge in [0.25, 0.3) is 0 Å². The van der Waals surface area contributed by atoms with Crippen molar-refractivity contribution in [1.29, 1.82) is 0 Å². The van der Waals surface area contributed by atoms with E-state index in [1.54, 1.807) is 0 Å². The van der Waals surface area contributed by atoms with Gasteiger partial charge in [-0.05, 0) is 20.3 Å². The molecule has 12 heavy (non-hydrogen) atoms. The molecule has 0 radical (unpaired) electrons. The number of carbonyl (C=O) groups excluding carboxylic acids is 1. The molecule has 1 aliphatic heterocycles. The van der Waals surface area contributed by atoms with Crippen molar-refractivity contribution in [3.8, 4) is 0 Å². The van der Waals surface area contributed by atoms with Gasteiger partial charge in [-0.2, -0.15) is 0 Å². The van der Waals surface area contributed by atoms with Crippen LogP contribution in [0, 0.1) is 0 Å². The van der Waals surface area contributed by atoms with E-state index in [0.29, 0.717) is 12.6 Å². The molecule has 1 amide bonds. The SMILES string of the molecule is CCCC(C)N1C(=O)CNC1C. The van der Waals surface area contributed by atoms with Gasteiger partial charge in [0.15, 0.2) is 0 Å². The maximum Gasteiger partial charge on any atom is 0.238 e. The maximum atomic E-state index is 11.4. The summed E-state index contributed by atoms with van der Waals surface area (Å²) >= 11 is 0. The summed E-state index contributed by atoms with van der Waals surface area (Å²) in [6.45, 7) is 6.81. The van der Waals surface area contributed by atoms with Crippen molar-refractivity contribution >= 4 is 5.91 Å². The highest BCUT2D eigenvalue weighted by Crippen LogP contribution is 2.13. The fraction of sp³-hybridized carbons (Fsp3) is 0.889. The summed E-state index contributed by atoms with van der Waals surface area (Å²) in [6, 6.07) is 0.382. The van der Waals surface area contributed by atoms with E-state index in [4.69, 9.17) is 0 Å². The molecule has 0 saturated carbocycles. The lowest BCUT2D eigenvalue weighted by Crippen LogP contribution is -2.41. The lowest BCUT2D eigenvalue weighted by Gasteiger charge is -2.27. The van der Waals surface area contributed by atoms with Crippen LogP contribution in [-0.2, 0) is 4.79 Å². The van der Waals surface area contributed by atoms with Gasteiger partial charge in [-0.15, -0.1) is 0 Å². The summed E-state index contributed by atoms with van der Waals surface area (Å²) in [7, 11) is 0. The topological polar surface area (TPSA) is 32.3 Å². The van der Waals surface area contributed by atoms with Crippen LogP contribution < -0.4 is 5.32 Å². The van der Waals surface area contributed by atoms with E-state index in [1.807, 2.05) is 11.8 Å². The molecule has 1 N–H and O–H groups in total. The molecule has 1 fully saturated rings. The van der Waals surface area contributed by atoms with Gasteiger partial charge in [-0.25, -0.2) is 0 Å². The number of hydrogen-bond acceptors (Lipinski definition) is 2. The zero-order valence-corrected chi connectivity index (χ0v) is 8.13. The molecule has 0 aromatic carbocycles. The summed E-state index contributed by atoms with van der Waals surface area (Å²) in [5.41, 5.74) is 0. The third kappa shape index (κ3) is 1.78. The largest absolute Gasteiger partial charge is 0.324 e. The number of carbonyl (C=O) groups is 1. The fourth-order valence-electron chi connectivity index (χ4n) is 1.83. The minimum atomic E-state index is 0.221. The minimum absolute atomic E-state index is 0.221. The first-order valence-corrected chi connectivity index (χ1v) is 4.71. The van der Waals surface area contributed by atoms with Gasteiger partial charge in [0, 0.05) is 6.04 Å². The van der Waals surface area contributed by atoms with Gasteiger partial charge in [0.1, 0.15) is 0 Å². The first kappa shape index (κ1) is 9.52. The summed E-state index contributed by atoms with van der Waals surface area (Å²) in [5.74, 6) is 0.239. The Morgan fingerprint density at radius 2 is 2.42 bits per heavy atom. The van der Waals surface area contributed by atoms with Gasteiger partial charge in [0.2, 0.25) is 5.91 Å². The van der Waals surface area contributed by atoms with Crippen molar-refractivity contribution in [3.05, 3.63) is 0 Å². The van der Waals surface area contributed by atoms with Crippen LogP contribution in [0.15, 0.2) is 0 Å². The predicted octanol–water partition coefficient (Wildman–Crippen LogP) is 0.953. The Morgan fingerprint density at radius 3 is 2.83 bits per heavy atom. The molecule has 0 aliphatic carbocycles. The third-order valence-corrected chi connectivity index (χ3v) is 2.44. The molecule has 3 nitrogen and oxygen atoms in total. The monoisotopic (exact) mass is 170 g/mol. The van der Waals surface area contributed by atoms with Gasteiger partial charge in [-0.3, -0.25) is 10.1 Å². The summed E-state index contributed by atoms with van der Waals surface area (Å²) < 4.78 is 0. The standard InChI is InChI=1S/C9H18N2O/c1-4-5-7(2)11-8(3)10-6-9(11)12/h7-8,10H,4-6H2,1-3H3. The van der Waals surface area contributed by atoms with Gasteiger partial charge in [-0.1, -0.05) is 13.3 Å². The van der Waals surface area contributed by atoms with E-state index >= 15 is 0 Å². The van der Waals surface area contributed by atoms with Crippen molar-refractivity contribution in [3.63, 3.8) is 0 Å². The molecule has 1 heterocycles. The van der Waals surface area contributed by atoms with Crippen LogP contribution in [0.25, 0.3) is 0 Å². The average Bonchev–Trinajstić information content (AvgIpc) is 2.32. The van der Waals surface area contributed by atoms with Gasteiger partial charge >= 0.3 is 0 Å². The number of nitrogens with one attached hydrogen (secondary N) is 1. The van der Waals surface area contributed by atoms with Crippen molar-refractivity contribution in [1.82, 2.24) is 10.2 Å². The van der Waals surface area contributed by atoms with E-state index in [9.17, 15) is 4.79 Å². The highest BCUT2D eigenvalue weighted by atomic mass is 16.2. The molecule has 2 unspecified atom stereocenters. The smallest absolute Gasteiger partial charge is 0.238 e. The molecule has 2 atom stereocenters. The van der Waals surface area contributed by atoms with E-state index in [-0.39, 0.29) is 12.1 Å². The Kier molecular flexibility index (Phi) is 3.09. The molecule has 1 saturated heterocycles. The van der Waals surface area contributed by atoms with E-state index in [2.05, 4.69) is 19.2 Å². The molecule has 1 aliphatic rings. The fourth-order valence-corrected chi connectivity index (χ4v) is 1.83. The Hall–Kier alpha value is -0.570. The number of hydrogen-bond donors (Lipinski definition) is 1. The molecule has 70 valence electrons. The number of amides is 1. The first-order valence-electron chi connectivity index (χ1n) is 4.71. The van der Waals surface area contributed by atoms with Gasteiger partial charge < -0.3 is 4.90 Å². The Balaban J connectivity index is 2.53. The van der Waals surface area contributed by atoms with Crippen LogP contribution in [0.5, 0.6) is 0 Å². The second-order valence-corrected chi connectivity index (χ2v) is 3.50. The molecule has 0 bridgehead atoms. The Labute approximate surface area is 74.1 Å². The summed E-state index contributed by atoms with van der Waals surface area (Å²) in [4.78, 5) is 13.3. The first-order chi connectivity index (χ1) is 5.66. The van der Waals surface area contributed by atoms with Crippen molar-refractivity contribution < 1.29 is 4.79 Å². The highest BCUT2D eigenvalue weighted by molar-refractivity contribution is 5.80. The minimum Gasteiger partial charge on any atom is -0.324 e. The van der Waals surface area contributed by atoms with Crippen LogP contribution in [0.2, 0.25) is 0 Å². The zero-order chi connectivity index (χ0) is 9.14. The predicted molar refractivity (Wildman–Crippen MR) is 48.7 cm³/mol. The van der Waals surface area contributed by atoms with Crippen LogP contribution in [0.1, 0.15) is 33.6 Å². The Morgan fingerprint density at radius 1 is 1.75 bits per heavy atom. The van der Waals surface area contributed by atoms with E-state index in [1.165, 1.54) is 0 Å². The lowest BCUT2D eigenvalue weighted by atomic mass is 10.1. The Bertz CT molecular complexity index is 170. The van der Waals surface area contributed by atoms with E-state index in [0.717, 1.165) is 12.8 Å². The average molecular weight is 170 g/mol. The van der Waals surface area contributed by atoms with Crippen molar-refractivity contribution in [2.75, 3.05) is 6.54 Å². The molecular weight excluding hydrogens is 152 g/mol. The maximum absolute atomic E-state index is 11.4. The van der Waals surface area contributed by atoms with E-state index < -0.39 is 0 Å². The van der Waals surface area contributed by atoms with Crippen LogP contribution in [0.3, 0.4) is 0 Å². The number of rotatable bonds is 3. The van der Waals surface area contributed by atoms with Crippen LogP contribution >= 0.6 is 0 Å². The second kappa shape index (κ2) is 3.90. The second-order valence-electron chi connectivity index (χ2n) is 3.50. The highest BCUT2D eigenvalue weighted by Gasteiger charge is 2.29. The third-order valence-electron chi connectivity index (χ3n) is 2.44. The zero-order valence-electron chi connectivity index (χ0n) is 8.13. The normalized spacial score (nSPS) is 26.4. The molecule has 0 spiro atoms. The molecular formula is C9H18N2O. The van der Waals surface area contributed by atoms with Crippen LogP contribution in [0.4, 0.5) is 0 Å². The molecule has 0 aromatic heterocycles. The summed E-state index contributed by atoms with van der Waals surface area (Å²) in [6.07, 6.45) is 2.45. The van der Waals surface area contributed by atoms with Gasteiger partial charge in [0.05, 0.1) is 12.7 Å². The quantitative estimate of drug-likeness (QED) is 0.684. The summed E-state index contributed by atoms with van der Waals surface area (Å²) in [5, 5.41) is 3.14. The lowest BCUT2D eigenvalue weighted by molar-refractivity contribution is -0.129. The van der Waals surface area contributed by atoms with Crippen molar-refractivity contribution in [2.24, 2.45) is 0 Å². The van der Waals surface area contributed by atoms with Crippen LogP contribution in [-0.4, -0.2) is 29.6 Å². The van der Waals surface area contributed by atoms with Crippen molar-refractivity contribution in [2.45, 2.75) is 45.8 Å².